The van der Waals surface area contributed by atoms with E-state index in [-0.39, 0.29) is 62.4 Å². The molecule has 0 fully saturated rings. The van der Waals surface area contributed by atoms with E-state index in [1.165, 1.54) is 0 Å². The van der Waals surface area contributed by atoms with Gasteiger partial charge < -0.3 is 39.7 Å². The first-order chi connectivity index (χ1) is 18.5. The van der Waals surface area contributed by atoms with Crippen molar-refractivity contribution in [3.63, 3.8) is 0 Å². The average Bonchev–Trinajstić information content (AvgIpc) is 3.53. The largest absolute Gasteiger partial charge is 0.458 e. The highest BCUT2D eigenvalue weighted by molar-refractivity contribution is 5.93. The predicted octanol–water partition coefficient (Wildman–Crippen LogP) is 0.0347. The van der Waals surface area contributed by atoms with Crippen LogP contribution in [0, 0.1) is 11.8 Å². The molecule has 5 heterocycles. The standard InChI is InChI=1S/C26H22N4O8/c27-8-22(31)28-11-35-4-2-1-3-13-14-6-20-21(38-12-37-20)7-18(14)29-23-16(13)9-30-19(23)5-15-17(25(30)33)10-36-26(34)24(15)32/h5-7,24,32H,2,4,8-12,27H2,(H,28,31)/t24-/m0/s1. The minimum Gasteiger partial charge on any atom is -0.458 e. The first-order valence-electron chi connectivity index (χ1n) is 11.9. The quantitative estimate of drug-likeness (QED) is 0.142. The van der Waals surface area contributed by atoms with Gasteiger partial charge in [-0.2, -0.15) is 0 Å². The van der Waals surface area contributed by atoms with E-state index in [2.05, 4.69) is 17.2 Å². The molecule has 1 amide bonds. The van der Waals surface area contributed by atoms with Crippen molar-refractivity contribution in [2.75, 3.05) is 26.7 Å². The maximum Gasteiger partial charge on any atom is 0.340 e. The van der Waals surface area contributed by atoms with Crippen LogP contribution in [0.2, 0.25) is 0 Å². The predicted molar refractivity (Wildman–Crippen MR) is 131 cm³/mol. The third kappa shape index (κ3) is 3.93. The molecule has 0 aliphatic carbocycles. The zero-order valence-electron chi connectivity index (χ0n) is 20.0. The Morgan fingerprint density at radius 3 is 2.84 bits per heavy atom. The lowest BCUT2D eigenvalue weighted by molar-refractivity contribution is -0.157. The molecule has 0 bridgehead atoms. The van der Waals surface area contributed by atoms with Gasteiger partial charge in [0.1, 0.15) is 13.3 Å². The van der Waals surface area contributed by atoms with Gasteiger partial charge in [-0.25, -0.2) is 9.78 Å². The first-order valence-corrected chi connectivity index (χ1v) is 11.9. The van der Waals surface area contributed by atoms with Gasteiger partial charge in [-0.1, -0.05) is 11.8 Å². The van der Waals surface area contributed by atoms with Crippen LogP contribution in [0.25, 0.3) is 22.3 Å². The number of cyclic esters (lactones) is 1. The smallest absolute Gasteiger partial charge is 0.340 e. The van der Waals surface area contributed by atoms with Crippen molar-refractivity contribution in [1.29, 1.82) is 0 Å². The molecule has 1 aromatic carbocycles. The Labute approximate surface area is 215 Å². The molecule has 2 aromatic heterocycles. The van der Waals surface area contributed by atoms with E-state index in [1.54, 1.807) is 16.7 Å². The number of nitrogens with zero attached hydrogens (tertiary/aromatic N) is 2. The molecule has 6 rings (SSSR count). The van der Waals surface area contributed by atoms with Gasteiger partial charge in [0.05, 0.1) is 42.2 Å². The van der Waals surface area contributed by atoms with Gasteiger partial charge in [0, 0.05) is 34.6 Å². The van der Waals surface area contributed by atoms with Gasteiger partial charge in [0.2, 0.25) is 12.7 Å². The number of carbonyl (C=O) groups excluding carboxylic acids is 2. The van der Waals surface area contributed by atoms with Gasteiger partial charge >= 0.3 is 5.97 Å². The number of aliphatic hydroxyl groups is 1. The fourth-order valence-electron chi connectivity index (χ4n) is 4.71. The van der Waals surface area contributed by atoms with Crippen LogP contribution in [0.5, 0.6) is 11.5 Å². The Morgan fingerprint density at radius 1 is 1.21 bits per heavy atom. The van der Waals surface area contributed by atoms with Gasteiger partial charge in [-0.3, -0.25) is 9.59 Å². The van der Waals surface area contributed by atoms with Crippen LogP contribution in [-0.4, -0.2) is 53.2 Å². The summed E-state index contributed by atoms with van der Waals surface area (Å²) in [4.78, 5) is 41.3. The monoisotopic (exact) mass is 518 g/mol. The number of hydrogen-bond acceptors (Lipinski definition) is 10. The number of rotatable bonds is 5. The van der Waals surface area contributed by atoms with Crippen molar-refractivity contribution < 1.29 is 33.6 Å². The Balaban J connectivity index is 1.41. The van der Waals surface area contributed by atoms with E-state index < -0.39 is 12.1 Å². The van der Waals surface area contributed by atoms with E-state index >= 15 is 0 Å². The Bertz CT molecular complexity index is 1630. The van der Waals surface area contributed by atoms with Gasteiger partial charge in [-0.05, 0) is 12.1 Å². The number of pyridine rings is 2. The molecule has 12 heteroatoms. The highest BCUT2D eigenvalue weighted by atomic mass is 16.7. The fraction of sp³-hybridized carbons (Fsp3) is 0.308. The molecular formula is C26H22N4O8. The maximum atomic E-state index is 13.3. The van der Waals surface area contributed by atoms with Crippen molar-refractivity contribution >= 4 is 22.8 Å². The molecule has 3 aliphatic rings. The van der Waals surface area contributed by atoms with Crippen LogP contribution in [0.1, 0.15) is 34.8 Å². The van der Waals surface area contributed by atoms with Gasteiger partial charge in [-0.15, -0.1) is 0 Å². The summed E-state index contributed by atoms with van der Waals surface area (Å²) in [5.41, 5.74) is 8.38. The van der Waals surface area contributed by atoms with Crippen LogP contribution in [-0.2, 0) is 32.2 Å². The van der Waals surface area contributed by atoms with Crippen molar-refractivity contribution in [2.24, 2.45) is 5.73 Å². The summed E-state index contributed by atoms with van der Waals surface area (Å²) in [7, 11) is 0. The molecule has 4 N–H and O–H groups in total. The maximum absolute atomic E-state index is 13.3. The average molecular weight is 518 g/mol. The van der Waals surface area contributed by atoms with Gasteiger partial charge in [0.25, 0.3) is 5.56 Å². The van der Waals surface area contributed by atoms with Gasteiger partial charge in [0.15, 0.2) is 17.6 Å². The molecule has 0 saturated carbocycles. The van der Waals surface area contributed by atoms with Crippen molar-refractivity contribution in [3.8, 4) is 34.7 Å². The number of aromatic nitrogens is 2. The molecule has 12 nitrogen and oxygen atoms in total. The summed E-state index contributed by atoms with van der Waals surface area (Å²) in [6, 6.07) is 5.21. The van der Waals surface area contributed by atoms with Crippen LogP contribution < -0.4 is 26.1 Å². The Morgan fingerprint density at radius 2 is 2.03 bits per heavy atom. The molecule has 194 valence electrons. The summed E-state index contributed by atoms with van der Waals surface area (Å²) in [5, 5.41) is 13.6. The van der Waals surface area contributed by atoms with E-state index in [0.717, 1.165) is 10.9 Å². The van der Waals surface area contributed by atoms with Crippen LogP contribution in [0.15, 0.2) is 23.0 Å². The number of amides is 1. The summed E-state index contributed by atoms with van der Waals surface area (Å²) in [5.74, 6) is 6.33. The lowest BCUT2D eigenvalue weighted by Gasteiger charge is -2.21. The minimum absolute atomic E-state index is 0.0374. The first kappa shape index (κ1) is 23.9. The Hall–Kier alpha value is -4.44. The van der Waals surface area contributed by atoms with Crippen LogP contribution in [0.3, 0.4) is 0 Å². The van der Waals surface area contributed by atoms with Crippen molar-refractivity contribution in [3.05, 3.63) is 50.8 Å². The second kappa shape index (κ2) is 9.46. The lowest BCUT2D eigenvalue weighted by atomic mass is 9.98. The topological polar surface area (TPSA) is 164 Å². The SMILES string of the molecule is NCC(=O)NCOCCC#Cc1c2c(nc3cc4c(cc13)OCO4)-c1cc3c(c(=O)n1C2)COC(=O)[C@H]3O. The number of benzene rings is 1. The van der Waals surface area contributed by atoms with E-state index in [1.807, 2.05) is 6.07 Å². The summed E-state index contributed by atoms with van der Waals surface area (Å²) in [6.45, 7) is 0.324. The normalized spacial score (nSPS) is 16.3. The van der Waals surface area contributed by atoms with Crippen LogP contribution >= 0.6 is 0 Å². The summed E-state index contributed by atoms with van der Waals surface area (Å²) < 4.78 is 23.0. The third-order valence-electron chi connectivity index (χ3n) is 6.59. The molecule has 0 radical (unpaired) electrons. The van der Waals surface area contributed by atoms with E-state index in [9.17, 15) is 19.5 Å². The molecule has 1 atom stereocenters. The summed E-state index contributed by atoms with van der Waals surface area (Å²) in [6.07, 6.45) is -1.15. The number of nitrogens with one attached hydrogen (secondary N) is 1. The minimum atomic E-state index is -1.54. The number of carbonyl (C=O) groups is 2. The number of fused-ring (bicyclic) bond motifs is 6. The number of esters is 1. The third-order valence-corrected chi connectivity index (χ3v) is 6.59. The number of aliphatic hydroxyl groups excluding tert-OH is 1. The molecule has 3 aliphatic heterocycles. The van der Waals surface area contributed by atoms with Crippen molar-refractivity contribution in [2.45, 2.75) is 25.7 Å². The zero-order valence-corrected chi connectivity index (χ0v) is 20.0. The molecule has 0 saturated heterocycles. The number of nitrogens with two attached hydrogens (primary N) is 1. The second-order valence-corrected chi connectivity index (χ2v) is 8.81. The van der Waals surface area contributed by atoms with E-state index in [0.29, 0.717) is 40.4 Å². The highest BCUT2D eigenvalue weighted by Crippen LogP contribution is 2.41. The zero-order chi connectivity index (χ0) is 26.4. The molecular weight excluding hydrogens is 496 g/mol. The highest BCUT2D eigenvalue weighted by Gasteiger charge is 2.35. The fourth-order valence-corrected chi connectivity index (χ4v) is 4.71. The lowest BCUT2D eigenvalue weighted by Crippen LogP contribution is -2.32. The second-order valence-electron chi connectivity index (χ2n) is 8.81. The summed E-state index contributed by atoms with van der Waals surface area (Å²) >= 11 is 0. The van der Waals surface area contributed by atoms with E-state index in [4.69, 9.17) is 29.7 Å². The number of ether oxygens (including phenoxy) is 4. The molecule has 0 spiro atoms. The van der Waals surface area contributed by atoms with Crippen molar-refractivity contribution in [1.82, 2.24) is 14.9 Å². The van der Waals surface area contributed by atoms with Crippen LogP contribution in [0.4, 0.5) is 0 Å². The molecule has 38 heavy (non-hydrogen) atoms. The number of hydrogen-bond donors (Lipinski definition) is 3. The molecule has 3 aromatic rings. The Kier molecular flexibility index (Phi) is 5.96. The molecule has 0 unspecified atom stereocenters.